The predicted molar refractivity (Wildman–Crippen MR) is 65.3 cm³/mol. The van der Waals surface area contributed by atoms with Crippen molar-refractivity contribution in [2.45, 2.75) is 57.4 Å². The Bertz CT molecular complexity index is 328. The van der Waals surface area contributed by atoms with Gasteiger partial charge in [0.05, 0.1) is 10.7 Å². The van der Waals surface area contributed by atoms with Crippen molar-refractivity contribution in [1.82, 2.24) is 4.98 Å². The van der Waals surface area contributed by atoms with Crippen LogP contribution in [0.4, 0.5) is 0 Å². The Hall–Kier alpha value is -0.410. The first-order valence-corrected chi connectivity index (χ1v) is 6.72. The third-order valence-electron chi connectivity index (χ3n) is 3.20. The summed E-state index contributed by atoms with van der Waals surface area (Å²) in [7, 11) is 0. The average molecular weight is 224 g/mol. The first-order valence-electron chi connectivity index (χ1n) is 5.84. The van der Waals surface area contributed by atoms with Gasteiger partial charge in [-0.15, -0.1) is 11.3 Å². The molecule has 1 saturated carbocycles. The second-order valence-corrected chi connectivity index (χ2v) is 5.82. The van der Waals surface area contributed by atoms with Crippen molar-refractivity contribution in [2.24, 2.45) is 5.73 Å². The van der Waals surface area contributed by atoms with Gasteiger partial charge in [0, 0.05) is 23.3 Å². The van der Waals surface area contributed by atoms with E-state index in [0.717, 1.165) is 19.3 Å². The second-order valence-electron chi connectivity index (χ2n) is 4.96. The molecule has 1 atom stereocenters. The van der Waals surface area contributed by atoms with Crippen LogP contribution in [-0.2, 0) is 11.8 Å². The summed E-state index contributed by atoms with van der Waals surface area (Å²) >= 11 is 1.81. The van der Waals surface area contributed by atoms with Crippen molar-refractivity contribution < 1.29 is 0 Å². The number of rotatable bonds is 5. The predicted octanol–water partition coefficient (Wildman–Crippen LogP) is 2.86. The molecular weight excluding hydrogens is 204 g/mol. The third kappa shape index (κ3) is 2.58. The SMILES string of the molecule is CCCC(N)Cc1csc(C2(C)CC2)n1. The molecule has 0 saturated heterocycles. The number of nitrogens with two attached hydrogens (primary N) is 1. The molecule has 1 aliphatic carbocycles. The van der Waals surface area contributed by atoms with Crippen LogP contribution in [0, 0.1) is 0 Å². The van der Waals surface area contributed by atoms with Crippen molar-refractivity contribution in [3.63, 3.8) is 0 Å². The van der Waals surface area contributed by atoms with Gasteiger partial charge >= 0.3 is 0 Å². The van der Waals surface area contributed by atoms with E-state index >= 15 is 0 Å². The summed E-state index contributed by atoms with van der Waals surface area (Å²) in [5, 5.41) is 3.51. The second kappa shape index (κ2) is 4.22. The van der Waals surface area contributed by atoms with Gasteiger partial charge in [-0.25, -0.2) is 4.98 Å². The summed E-state index contributed by atoms with van der Waals surface area (Å²) in [5.41, 5.74) is 7.63. The van der Waals surface area contributed by atoms with Crippen LogP contribution >= 0.6 is 11.3 Å². The number of thiazole rings is 1. The molecule has 3 heteroatoms. The zero-order valence-electron chi connectivity index (χ0n) is 9.62. The summed E-state index contributed by atoms with van der Waals surface area (Å²) < 4.78 is 0. The van der Waals surface area contributed by atoms with Crippen molar-refractivity contribution in [1.29, 1.82) is 0 Å². The highest BCUT2D eigenvalue weighted by Gasteiger charge is 2.41. The van der Waals surface area contributed by atoms with Crippen molar-refractivity contribution in [3.8, 4) is 0 Å². The van der Waals surface area contributed by atoms with E-state index in [4.69, 9.17) is 10.7 Å². The summed E-state index contributed by atoms with van der Waals surface area (Å²) in [5.74, 6) is 0. The maximum Gasteiger partial charge on any atom is 0.0987 e. The minimum absolute atomic E-state index is 0.289. The van der Waals surface area contributed by atoms with E-state index in [1.807, 2.05) is 11.3 Å². The smallest absolute Gasteiger partial charge is 0.0987 e. The lowest BCUT2D eigenvalue weighted by Crippen LogP contribution is -2.22. The molecule has 15 heavy (non-hydrogen) atoms. The van der Waals surface area contributed by atoms with Crippen LogP contribution < -0.4 is 5.73 Å². The fourth-order valence-corrected chi connectivity index (χ4v) is 2.88. The molecule has 1 heterocycles. The van der Waals surface area contributed by atoms with Crippen molar-refractivity contribution in [3.05, 3.63) is 16.1 Å². The summed E-state index contributed by atoms with van der Waals surface area (Å²) in [6.45, 7) is 4.49. The topological polar surface area (TPSA) is 38.9 Å². The molecule has 1 fully saturated rings. The lowest BCUT2D eigenvalue weighted by molar-refractivity contribution is 0.593. The van der Waals surface area contributed by atoms with Crippen LogP contribution in [-0.4, -0.2) is 11.0 Å². The first kappa shape index (κ1) is 11.1. The quantitative estimate of drug-likeness (QED) is 0.835. The number of hydrogen-bond donors (Lipinski definition) is 1. The number of aromatic nitrogens is 1. The summed E-state index contributed by atoms with van der Waals surface area (Å²) in [6, 6.07) is 0.289. The minimum Gasteiger partial charge on any atom is -0.327 e. The van der Waals surface area contributed by atoms with E-state index < -0.39 is 0 Å². The van der Waals surface area contributed by atoms with Crippen LogP contribution in [0.2, 0.25) is 0 Å². The van der Waals surface area contributed by atoms with Gasteiger partial charge < -0.3 is 5.73 Å². The van der Waals surface area contributed by atoms with Gasteiger partial charge in [0.1, 0.15) is 0 Å². The lowest BCUT2D eigenvalue weighted by Gasteiger charge is -2.07. The van der Waals surface area contributed by atoms with Crippen LogP contribution in [0.5, 0.6) is 0 Å². The van der Waals surface area contributed by atoms with Gasteiger partial charge in [-0.3, -0.25) is 0 Å². The Morgan fingerprint density at radius 1 is 1.60 bits per heavy atom. The average Bonchev–Trinajstić information content (AvgIpc) is 2.77. The highest BCUT2D eigenvalue weighted by molar-refractivity contribution is 7.09. The van der Waals surface area contributed by atoms with Gasteiger partial charge in [0.25, 0.3) is 0 Å². The number of hydrogen-bond acceptors (Lipinski definition) is 3. The van der Waals surface area contributed by atoms with E-state index in [-0.39, 0.29) is 6.04 Å². The Kier molecular flexibility index (Phi) is 3.12. The molecule has 0 spiro atoms. The molecule has 1 aliphatic rings. The Labute approximate surface area is 95.9 Å². The molecule has 2 rings (SSSR count). The fourth-order valence-electron chi connectivity index (χ4n) is 1.82. The van der Waals surface area contributed by atoms with Crippen molar-refractivity contribution >= 4 is 11.3 Å². The lowest BCUT2D eigenvalue weighted by atomic mass is 10.1. The minimum atomic E-state index is 0.289. The van der Waals surface area contributed by atoms with Gasteiger partial charge in [-0.05, 0) is 19.3 Å². The third-order valence-corrected chi connectivity index (χ3v) is 4.40. The zero-order valence-corrected chi connectivity index (χ0v) is 10.4. The first-order chi connectivity index (χ1) is 7.14. The normalized spacial score (nSPS) is 20.2. The highest BCUT2D eigenvalue weighted by atomic mass is 32.1. The van der Waals surface area contributed by atoms with E-state index in [9.17, 15) is 0 Å². The molecule has 0 amide bonds. The fraction of sp³-hybridized carbons (Fsp3) is 0.750. The van der Waals surface area contributed by atoms with Crippen LogP contribution in [0.15, 0.2) is 5.38 Å². The molecule has 2 nitrogen and oxygen atoms in total. The number of nitrogens with zero attached hydrogens (tertiary/aromatic N) is 1. The summed E-state index contributed by atoms with van der Waals surface area (Å²) in [4.78, 5) is 4.70. The highest BCUT2D eigenvalue weighted by Crippen LogP contribution is 2.48. The molecule has 1 aromatic rings. The molecule has 84 valence electrons. The molecule has 1 unspecified atom stereocenters. The molecule has 0 bridgehead atoms. The maximum absolute atomic E-state index is 6.01. The monoisotopic (exact) mass is 224 g/mol. The van der Waals surface area contributed by atoms with Crippen LogP contribution in [0.1, 0.15) is 50.2 Å². The van der Waals surface area contributed by atoms with Crippen molar-refractivity contribution in [2.75, 3.05) is 0 Å². The molecule has 0 radical (unpaired) electrons. The van der Waals surface area contributed by atoms with Crippen LogP contribution in [0.25, 0.3) is 0 Å². The van der Waals surface area contributed by atoms with E-state index in [1.165, 1.54) is 23.5 Å². The Morgan fingerprint density at radius 3 is 2.93 bits per heavy atom. The van der Waals surface area contributed by atoms with Crippen LogP contribution in [0.3, 0.4) is 0 Å². The zero-order chi connectivity index (χ0) is 10.9. The molecule has 2 N–H and O–H groups in total. The van der Waals surface area contributed by atoms with Gasteiger partial charge in [0.15, 0.2) is 0 Å². The molecule has 1 aromatic heterocycles. The molecular formula is C12H20N2S. The maximum atomic E-state index is 6.01. The Balaban J connectivity index is 1.95. The van der Waals surface area contributed by atoms with Gasteiger partial charge in [-0.2, -0.15) is 0 Å². The molecule has 0 aliphatic heterocycles. The van der Waals surface area contributed by atoms with E-state index in [2.05, 4.69) is 19.2 Å². The summed E-state index contributed by atoms with van der Waals surface area (Å²) in [6.07, 6.45) is 5.82. The standard InChI is InChI=1S/C12H20N2S/c1-3-4-9(13)7-10-8-15-11(14-10)12(2)5-6-12/h8-9H,3-7,13H2,1-2H3. The van der Waals surface area contributed by atoms with E-state index in [0.29, 0.717) is 5.41 Å². The largest absolute Gasteiger partial charge is 0.327 e. The van der Waals surface area contributed by atoms with Gasteiger partial charge in [-0.1, -0.05) is 20.3 Å². The Morgan fingerprint density at radius 2 is 2.33 bits per heavy atom. The van der Waals surface area contributed by atoms with E-state index in [1.54, 1.807) is 0 Å². The van der Waals surface area contributed by atoms with Gasteiger partial charge in [0.2, 0.25) is 0 Å². The molecule has 0 aromatic carbocycles.